The van der Waals surface area contributed by atoms with E-state index in [0.717, 1.165) is 6.42 Å². The first-order valence-corrected chi connectivity index (χ1v) is 2.57. The summed E-state index contributed by atoms with van der Waals surface area (Å²) in [5, 5.41) is 0. The molecule has 0 aromatic rings. The highest BCUT2D eigenvalue weighted by Crippen LogP contribution is 2.26. The molecule has 0 aromatic carbocycles. The van der Waals surface area contributed by atoms with E-state index >= 15 is 0 Å². The fourth-order valence-electron chi connectivity index (χ4n) is 0.753. The Balaban J connectivity index is 2.53. The van der Waals surface area contributed by atoms with Gasteiger partial charge in [0.05, 0.1) is 12.9 Å². The lowest BCUT2D eigenvalue weighted by Gasteiger charge is -2.18. The molecule has 0 radical (unpaired) electrons. The van der Waals surface area contributed by atoms with Crippen molar-refractivity contribution < 1.29 is 4.74 Å². The van der Waals surface area contributed by atoms with Gasteiger partial charge in [-0.25, -0.2) is 0 Å². The quantitative estimate of drug-likeness (QED) is 0.485. The highest BCUT2D eigenvalue weighted by atomic mass is 16.5. The van der Waals surface area contributed by atoms with Crippen molar-refractivity contribution in [3.8, 4) is 0 Å². The van der Waals surface area contributed by atoms with Gasteiger partial charge in [-0.3, -0.25) is 0 Å². The highest BCUT2D eigenvalue weighted by Gasteiger charge is 2.11. The molecule has 1 aliphatic carbocycles. The first-order chi connectivity index (χ1) is 3.34. The summed E-state index contributed by atoms with van der Waals surface area (Å²) in [5.74, 6) is 1.19. The molecular weight excluding hydrogens is 88.1 g/mol. The summed E-state index contributed by atoms with van der Waals surface area (Å²) in [6, 6.07) is 0. The number of hydrogen-bond donors (Lipinski definition) is 0. The third kappa shape index (κ3) is 0.625. The third-order valence-electron chi connectivity index (χ3n) is 1.45. The molecule has 7 heavy (non-hydrogen) atoms. The van der Waals surface area contributed by atoms with Crippen molar-refractivity contribution in [2.75, 3.05) is 7.11 Å². The molecule has 0 aromatic heterocycles. The fraction of sp³-hybridized carbons (Fsp3) is 0.667. The maximum absolute atomic E-state index is 4.98. The normalized spacial score (nSPS) is 19.1. The van der Waals surface area contributed by atoms with Crippen LogP contribution in [0.3, 0.4) is 0 Å². The van der Waals surface area contributed by atoms with Crippen LogP contribution in [0.25, 0.3) is 0 Å². The van der Waals surface area contributed by atoms with Gasteiger partial charge in [0.25, 0.3) is 0 Å². The zero-order valence-corrected chi connectivity index (χ0v) is 4.82. The van der Waals surface area contributed by atoms with E-state index in [2.05, 4.69) is 6.92 Å². The predicted molar refractivity (Wildman–Crippen MR) is 28.9 cm³/mol. The van der Waals surface area contributed by atoms with Crippen molar-refractivity contribution in [2.45, 2.75) is 19.8 Å². The van der Waals surface area contributed by atoms with E-state index in [9.17, 15) is 0 Å². The van der Waals surface area contributed by atoms with Crippen LogP contribution >= 0.6 is 0 Å². The molecule has 1 nitrogen and oxygen atoms in total. The summed E-state index contributed by atoms with van der Waals surface area (Å²) in [6.07, 6.45) is 2.39. The molecule has 0 atom stereocenters. The highest BCUT2D eigenvalue weighted by molar-refractivity contribution is 5.16. The Labute approximate surface area is 44.0 Å². The second-order valence-electron chi connectivity index (χ2n) is 1.91. The first-order valence-electron chi connectivity index (χ1n) is 2.57. The van der Waals surface area contributed by atoms with Crippen molar-refractivity contribution in [3.63, 3.8) is 0 Å². The Morgan fingerprint density at radius 1 is 1.43 bits per heavy atom. The fourth-order valence-corrected chi connectivity index (χ4v) is 0.753. The molecule has 0 N–H and O–H groups in total. The van der Waals surface area contributed by atoms with Gasteiger partial charge in [-0.15, -0.1) is 0 Å². The Morgan fingerprint density at radius 2 is 2.14 bits per heavy atom. The monoisotopic (exact) mass is 98.1 g/mol. The minimum absolute atomic E-state index is 1.16. The summed E-state index contributed by atoms with van der Waals surface area (Å²) >= 11 is 0. The van der Waals surface area contributed by atoms with E-state index < -0.39 is 0 Å². The maximum Gasteiger partial charge on any atom is 0.0947 e. The van der Waals surface area contributed by atoms with Crippen LogP contribution in [-0.4, -0.2) is 7.11 Å². The topological polar surface area (TPSA) is 9.23 Å². The van der Waals surface area contributed by atoms with E-state index in [1.54, 1.807) is 7.11 Å². The zero-order chi connectivity index (χ0) is 5.28. The molecule has 1 aliphatic rings. The van der Waals surface area contributed by atoms with Crippen LogP contribution < -0.4 is 0 Å². The third-order valence-corrected chi connectivity index (χ3v) is 1.45. The summed E-state index contributed by atoms with van der Waals surface area (Å²) in [4.78, 5) is 0. The van der Waals surface area contributed by atoms with Gasteiger partial charge in [-0.1, -0.05) is 0 Å². The molecule has 0 unspecified atom stereocenters. The summed E-state index contributed by atoms with van der Waals surface area (Å²) in [6.45, 7) is 2.11. The van der Waals surface area contributed by atoms with Crippen LogP contribution in [0, 0.1) is 0 Å². The largest absolute Gasteiger partial charge is 0.501 e. The van der Waals surface area contributed by atoms with Gasteiger partial charge in [-0.2, -0.15) is 0 Å². The molecule has 0 saturated carbocycles. The van der Waals surface area contributed by atoms with Crippen LogP contribution in [0.4, 0.5) is 0 Å². The van der Waals surface area contributed by atoms with E-state index in [-0.39, 0.29) is 0 Å². The van der Waals surface area contributed by atoms with Crippen molar-refractivity contribution in [3.05, 3.63) is 11.3 Å². The van der Waals surface area contributed by atoms with E-state index in [0.29, 0.717) is 0 Å². The number of rotatable bonds is 1. The van der Waals surface area contributed by atoms with Crippen molar-refractivity contribution >= 4 is 0 Å². The Kier molecular flexibility index (Phi) is 1.05. The minimum Gasteiger partial charge on any atom is -0.501 e. The Bertz CT molecular complexity index is 103. The van der Waals surface area contributed by atoms with E-state index in [1.807, 2.05) is 0 Å². The number of methoxy groups -OCH3 is 1. The van der Waals surface area contributed by atoms with Crippen LogP contribution in [-0.2, 0) is 4.74 Å². The van der Waals surface area contributed by atoms with Gasteiger partial charge in [0.2, 0.25) is 0 Å². The van der Waals surface area contributed by atoms with Crippen molar-refractivity contribution in [1.82, 2.24) is 0 Å². The second kappa shape index (κ2) is 1.57. The Morgan fingerprint density at radius 3 is 2.14 bits per heavy atom. The summed E-state index contributed by atoms with van der Waals surface area (Å²) in [7, 11) is 1.73. The molecule has 0 aliphatic heterocycles. The minimum atomic E-state index is 1.16. The van der Waals surface area contributed by atoms with Gasteiger partial charge in [0.15, 0.2) is 0 Å². The van der Waals surface area contributed by atoms with Crippen molar-refractivity contribution in [2.24, 2.45) is 0 Å². The molecule has 0 heterocycles. The zero-order valence-electron chi connectivity index (χ0n) is 4.82. The lowest BCUT2D eigenvalue weighted by Crippen LogP contribution is -2.01. The molecule has 0 amide bonds. The van der Waals surface area contributed by atoms with Crippen molar-refractivity contribution in [1.29, 1.82) is 0 Å². The molecular formula is C6H10O. The lowest BCUT2D eigenvalue weighted by molar-refractivity contribution is 0.252. The van der Waals surface area contributed by atoms with Gasteiger partial charge < -0.3 is 4.74 Å². The van der Waals surface area contributed by atoms with Gasteiger partial charge in [0.1, 0.15) is 0 Å². The second-order valence-corrected chi connectivity index (χ2v) is 1.91. The number of ether oxygens (including phenoxy) is 1. The summed E-state index contributed by atoms with van der Waals surface area (Å²) < 4.78 is 4.98. The van der Waals surface area contributed by atoms with Crippen LogP contribution in [0.15, 0.2) is 11.3 Å². The maximum atomic E-state index is 4.98. The van der Waals surface area contributed by atoms with Crippen LogP contribution in [0.5, 0.6) is 0 Å². The lowest BCUT2D eigenvalue weighted by atomic mass is 9.98. The average Bonchev–Trinajstić information content (AvgIpc) is 1.65. The molecule has 1 rings (SSSR count). The van der Waals surface area contributed by atoms with Gasteiger partial charge in [0, 0.05) is 6.42 Å². The SMILES string of the molecule is COC1=C(C)CC1. The van der Waals surface area contributed by atoms with Gasteiger partial charge >= 0.3 is 0 Å². The van der Waals surface area contributed by atoms with E-state index in [1.165, 1.54) is 17.8 Å². The molecule has 0 saturated heterocycles. The molecule has 0 spiro atoms. The number of allylic oxidation sites excluding steroid dienone is 2. The molecule has 40 valence electrons. The van der Waals surface area contributed by atoms with Crippen LogP contribution in [0.2, 0.25) is 0 Å². The number of hydrogen-bond acceptors (Lipinski definition) is 1. The standard InChI is InChI=1S/C6H10O/c1-5-3-4-6(5)7-2/h3-4H2,1-2H3. The first kappa shape index (κ1) is 4.69. The Hall–Kier alpha value is -0.460. The average molecular weight is 98.1 g/mol. The van der Waals surface area contributed by atoms with Crippen LogP contribution in [0.1, 0.15) is 19.8 Å². The molecule has 0 bridgehead atoms. The molecule has 0 fully saturated rings. The van der Waals surface area contributed by atoms with Gasteiger partial charge in [-0.05, 0) is 18.9 Å². The smallest absolute Gasteiger partial charge is 0.0947 e. The summed E-state index contributed by atoms with van der Waals surface area (Å²) in [5.41, 5.74) is 1.42. The predicted octanol–water partition coefficient (Wildman–Crippen LogP) is 1.70. The molecule has 1 heteroatoms. The van der Waals surface area contributed by atoms with E-state index in [4.69, 9.17) is 4.74 Å².